The summed E-state index contributed by atoms with van der Waals surface area (Å²) in [5.41, 5.74) is 0. The second-order valence-corrected chi connectivity index (χ2v) is 4.96. The lowest BCUT2D eigenvalue weighted by molar-refractivity contribution is 0.233. The third-order valence-electron chi connectivity index (χ3n) is 2.89. The Bertz CT molecular complexity index is 461. The van der Waals surface area contributed by atoms with Gasteiger partial charge in [0.1, 0.15) is 5.76 Å². The average molecular weight is 276 g/mol. The second-order valence-electron chi connectivity index (χ2n) is 4.96. The Morgan fingerprint density at radius 1 is 1.40 bits per heavy atom. The number of urea groups is 1. The predicted molar refractivity (Wildman–Crippen MR) is 75.2 cm³/mol. The van der Waals surface area contributed by atoms with Crippen molar-refractivity contribution in [1.29, 1.82) is 0 Å². The fourth-order valence-electron chi connectivity index (χ4n) is 2.03. The molecule has 0 spiro atoms. The lowest BCUT2D eigenvalue weighted by Gasteiger charge is -2.18. The number of imidazole rings is 1. The molecule has 2 amide bonds. The van der Waals surface area contributed by atoms with Gasteiger partial charge in [0.2, 0.25) is 0 Å². The van der Waals surface area contributed by atoms with E-state index in [-0.39, 0.29) is 18.1 Å². The van der Waals surface area contributed by atoms with Crippen LogP contribution in [-0.2, 0) is 13.0 Å². The zero-order chi connectivity index (χ0) is 14.4. The maximum Gasteiger partial charge on any atom is 0.315 e. The summed E-state index contributed by atoms with van der Waals surface area (Å²) in [5, 5.41) is 5.79. The minimum absolute atomic E-state index is 0.0154. The molecule has 2 aromatic heterocycles. The standard InChI is InChI=1S/C14H20N4O2/c1-11(8-13-4-3-7-20-13)16-14(19)17-12(2)9-18-6-5-15-10-18/h3-7,10-12H,8-9H2,1-2H3,(H2,16,17,19)/t11-,12+/m0/s1. The van der Waals surface area contributed by atoms with Gasteiger partial charge in [-0.2, -0.15) is 0 Å². The van der Waals surface area contributed by atoms with E-state index in [1.54, 1.807) is 18.8 Å². The number of nitrogens with one attached hydrogen (secondary N) is 2. The molecule has 6 nitrogen and oxygen atoms in total. The van der Waals surface area contributed by atoms with Crippen molar-refractivity contribution in [2.75, 3.05) is 0 Å². The van der Waals surface area contributed by atoms with Gasteiger partial charge in [-0.05, 0) is 26.0 Å². The highest BCUT2D eigenvalue weighted by atomic mass is 16.3. The Morgan fingerprint density at radius 2 is 2.20 bits per heavy atom. The second kappa shape index (κ2) is 6.79. The molecule has 0 radical (unpaired) electrons. The molecule has 2 heterocycles. The van der Waals surface area contributed by atoms with Gasteiger partial charge in [0, 0.05) is 37.4 Å². The molecule has 2 atom stereocenters. The predicted octanol–water partition coefficient (Wildman–Crippen LogP) is 1.79. The number of nitrogens with zero attached hydrogens (tertiary/aromatic N) is 2. The molecule has 0 aliphatic carbocycles. The zero-order valence-corrected chi connectivity index (χ0v) is 11.7. The van der Waals surface area contributed by atoms with E-state index in [9.17, 15) is 4.79 Å². The van der Waals surface area contributed by atoms with Crippen LogP contribution >= 0.6 is 0 Å². The van der Waals surface area contributed by atoms with Gasteiger partial charge in [-0.1, -0.05) is 0 Å². The van der Waals surface area contributed by atoms with Crippen molar-refractivity contribution in [2.24, 2.45) is 0 Å². The maximum absolute atomic E-state index is 11.8. The SMILES string of the molecule is C[C@H](Cn1ccnc1)NC(=O)N[C@@H](C)Cc1ccco1. The van der Waals surface area contributed by atoms with Crippen LogP contribution in [0.15, 0.2) is 41.5 Å². The summed E-state index contributed by atoms with van der Waals surface area (Å²) in [7, 11) is 0. The van der Waals surface area contributed by atoms with E-state index < -0.39 is 0 Å². The van der Waals surface area contributed by atoms with Crippen LogP contribution in [0, 0.1) is 0 Å². The van der Waals surface area contributed by atoms with Gasteiger partial charge >= 0.3 is 6.03 Å². The summed E-state index contributed by atoms with van der Waals surface area (Å²) in [5.74, 6) is 0.865. The monoisotopic (exact) mass is 276 g/mol. The smallest absolute Gasteiger partial charge is 0.315 e. The van der Waals surface area contributed by atoms with Crippen LogP contribution in [0.2, 0.25) is 0 Å². The molecule has 0 aliphatic heterocycles. The third kappa shape index (κ3) is 4.46. The minimum Gasteiger partial charge on any atom is -0.469 e. The Labute approximate surface area is 118 Å². The Morgan fingerprint density at radius 3 is 2.85 bits per heavy atom. The van der Waals surface area contributed by atoms with Crippen LogP contribution < -0.4 is 10.6 Å². The van der Waals surface area contributed by atoms with Crippen LogP contribution in [0.5, 0.6) is 0 Å². The number of carbonyl (C=O) groups excluding carboxylic acids is 1. The number of furan rings is 1. The molecule has 6 heteroatoms. The van der Waals surface area contributed by atoms with E-state index in [1.807, 2.05) is 36.7 Å². The van der Waals surface area contributed by atoms with E-state index in [0.717, 1.165) is 5.76 Å². The van der Waals surface area contributed by atoms with Gasteiger partial charge in [-0.3, -0.25) is 0 Å². The molecule has 2 N–H and O–H groups in total. The normalized spacial score (nSPS) is 13.7. The molecule has 108 valence electrons. The van der Waals surface area contributed by atoms with Crippen molar-refractivity contribution in [2.45, 2.75) is 38.9 Å². The number of rotatable bonds is 6. The van der Waals surface area contributed by atoms with E-state index >= 15 is 0 Å². The fourth-order valence-corrected chi connectivity index (χ4v) is 2.03. The lowest BCUT2D eigenvalue weighted by Crippen LogP contribution is -2.46. The van der Waals surface area contributed by atoms with Crippen molar-refractivity contribution in [3.8, 4) is 0 Å². The minimum atomic E-state index is -0.170. The Hall–Kier alpha value is -2.24. The number of carbonyl (C=O) groups is 1. The average Bonchev–Trinajstić information content (AvgIpc) is 3.01. The molecule has 0 saturated heterocycles. The summed E-state index contributed by atoms with van der Waals surface area (Å²) in [6, 6.07) is 3.62. The van der Waals surface area contributed by atoms with Gasteiger partial charge in [0.15, 0.2) is 0 Å². The fraction of sp³-hybridized carbons (Fsp3) is 0.429. The zero-order valence-electron chi connectivity index (χ0n) is 11.7. The van der Waals surface area contributed by atoms with Crippen LogP contribution in [0.4, 0.5) is 4.79 Å². The Balaban J connectivity index is 1.71. The van der Waals surface area contributed by atoms with Crippen molar-refractivity contribution < 1.29 is 9.21 Å². The summed E-state index contributed by atoms with van der Waals surface area (Å²) < 4.78 is 7.18. The number of hydrogen-bond donors (Lipinski definition) is 2. The van der Waals surface area contributed by atoms with Gasteiger partial charge in [0.05, 0.1) is 12.6 Å². The number of amides is 2. The van der Waals surface area contributed by atoms with Crippen LogP contribution in [0.25, 0.3) is 0 Å². The molecule has 0 saturated carbocycles. The first-order valence-corrected chi connectivity index (χ1v) is 6.68. The van der Waals surface area contributed by atoms with Crippen molar-refractivity contribution in [3.05, 3.63) is 42.9 Å². The highest BCUT2D eigenvalue weighted by molar-refractivity contribution is 5.74. The van der Waals surface area contributed by atoms with Crippen molar-refractivity contribution >= 4 is 6.03 Å². The molecule has 0 fully saturated rings. The first-order chi connectivity index (χ1) is 9.63. The lowest BCUT2D eigenvalue weighted by atomic mass is 10.2. The quantitative estimate of drug-likeness (QED) is 0.845. The third-order valence-corrected chi connectivity index (χ3v) is 2.89. The molecule has 0 unspecified atom stereocenters. The largest absolute Gasteiger partial charge is 0.469 e. The number of hydrogen-bond acceptors (Lipinski definition) is 3. The van der Waals surface area contributed by atoms with Crippen LogP contribution in [0.3, 0.4) is 0 Å². The molecule has 0 bridgehead atoms. The van der Waals surface area contributed by atoms with Crippen LogP contribution in [-0.4, -0.2) is 27.7 Å². The van der Waals surface area contributed by atoms with Gasteiger partial charge in [-0.15, -0.1) is 0 Å². The summed E-state index contributed by atoms with van der Waals surface area (Å²) in [4.78, 5) is 15.8. The summed E-state index contributed by atoms with van der Waals surface area (Å²) in [6.07, 6.45) is 7.63. The summed E-state index contributed by atoms with van der Waals surface area (Å²) in [6.45, 7) is 4.60. The first-order valence-electron chi connectivity index (χ1n) is 6.68. The maximum atomic E-state index is 11.8. The van der Waals surface area contributed by atoms with Gasteiger partial charge in [0.25, 0.3) is 0 Å². The summed E-state index contributed by atoms with van der Waals surface area (Å²) >= 11 is 0. The Kier molecular flexibility index (Phi) is 4.81. The van der Waals surface area contributed by atoms with E-state index in [0.29, 0.717) is 13.0 Å². The molecule has 20 heavy (non-hydrogen) atoms. The van der Waals surface area contributed by atoms with E-state index in [2.05, 4.69) is 15.6 Å². The molecule has 0 aromatic carbocycles. The van der Waals surface area contributed by atoms with E-state index in [4.69, 9.17) is 4.42 Å². The van der Waals surface area contributed by atoms with Crippen molar-refractivity contribution in [3.63, 3.8) is 0 Å². The highest BCUT2D eigenvalue weighted by Crippen LogP contribution is 2.03. The molecule has 0 aliphatic rings. The van der Waals surface area contributed by atoms with E-state index in [1.165, 1.54) is 0 Å². The first kappa shape index (κ1) is 14.2. The molecular formula is C14H20N4O2. The van der Waals surface area contributed by atoms with Gasteiger partial charge < -0.3 is 19.6 Å². The highest BCUT2D eigenvalue weighted by Gasteiger charge is 2.12. The topological polar surface area (TPSA) is 72.1 Å². The van der Waals surface area contributed by atoms with Gasteiger partial charge in [-0.25, -0.2) is 9.78 Å². The van der Waals surface area contributed by atoms with Crippen LogP contribution in [0.1, 0.15) is 19.6 Å². The molecule has 2 aromatic rings. The number of aromatic nitrogens is 2. The molecule has 2 rings (SSSR count). The molecular weight excluding hydrogens is 256 g/mol. The van der Waals surface area contributed by atoms with Crippen molar-refractivity contribution in [1.82, 2.24) is 20.2 Å².